The molecule has 0 unspecified atom stereocenters. The molecule has 0 atom stereocenters. The molecule has 2 heteroatoms. The van der Waals surface area contributed by atoms with Gasteiger partial charge in [-0.3, -0.25) is 4.98 Å². The monoisotopic (exact) mass is 233 g/mol. The number of pyridine rings is 1. The summed E-state index contributed by atoms with van der Waals surface area (Å²) in [5.74, 6) is 1.03. The highest BCUT2D eigenvalue weighted by Crippen LogP contribution is 2.23. The van der Waals surface area contributed by atoms with Crippen LogP contribution in [0.2, 0.25) is 0 Å². The summed E-state index contributed by atoms with van der Waals surface area (Å²) in [6.07, 6.45) is 4.23. The van der Waals surface area contributed by atoms with E-state index in [0.717, 1.165) is 17.1 Å². The van der Waals surface area contributed by atoms with Crippen LogP contribution in [-0.4, -0.2) is 10.7 Å². The Bertz CT molecular complexity index is 405. The molecule has 0 amide bonds. The molecule has 0 N–H and O–H groups in total. The van der Waals surface area contributed by atoms with Crippen LogP contribution in [-0.2, 0) is 0 Å². The summed E-state index contributed by atoms with van der Waals surface area (Å²) in [4.78, 5) is 4.58. The van der Waals surface area contributed by atoms with E-state index in [1.807, 2.05) is 25.6 Å². The predicted molar refractivity (Wildman–Crippen MR) is 74.6 cm³/mol. The second-order valence-corrected chi connectivity index (χ2v) is 4.32. The fourth-order valence-electron chi connectivity index (χ4n) is 1.37. The molecule has 1 aliphatic rings. The smallest absolute Gasteiger partial charge is 0.0673 e. The van der Waals surface area contributed by atoms with E-state index in [4.69, 9.17) is 0 Å². The quantitative estimate of drug-likeness (QED) is 0.714. The highest BCUT2D eigenvalue weighted by Gasteiger charge is 2.05. The van der Waals surface area contributed by atoms with Crippen molar-refractivity contribution in [3.63, 3.8) is 0 Å². The summed E-state index contributed by atoms with van der Waals surface area (Å²) < 4.78 is 0. The molecule has 0 aliphatic carbocycles. The van der Waals surface area contributed by atoms with Crippen molar-refractivity contribution in [3.05, 3.63) is 46.6 Å². The summed E-state index contributed by atoms with van der Waals surface area (Å²) in [7, 11) is 0. The van der Waals surface area contributed by atoms with E-state index in [2.05, 4.69) is 48.5 Å². The number of allylic oxidation sites excluding steroid dienone is 2. The maximum Gasteiger partial charge on any atom is 0.0673 e. The van der Waals surface area contributed by atoms with E-state index in [1.54, 1.807) is 0 Å². The highest BCUT2D eigenvalue weighted by atomic mass is 32.2. The van der Waals surface area contributed by atoms with E-state index in [-0.39, 0.29) is 0 Å². The minimum Gasteiger partial charge on any atom is -0.253 e. The molecule has 1 aromatic heterocycles. The summed E-state index contributed by atoms with van der Waals surface area (Å²) in [6, 6.07) is 4.25. The van der Waals surface area contributed by atoms with Crippen molar-refractivity contribution in [2.45, 2.75) is 27.7 Å². The highest BCUT2D eigenvalue weighted by molar-refractivity contribution is 8.02. The zero-order valence-corrected chi connectivity index (χ0v) is 11.3. The van der Waals surface area contributed by atoms with Crippen LogP contribution in [0.5, 0.6) is 0 Å². The summed E-state index contributed by atoms with van der Waals surface area (Å²) in [5, 5.41) is 2.12. The van der Waals surface area contributed by atoms with E-state index < -0.39 is 0 Å². The fraction of sp³-hybridized carbons (Fsp3) is 0.357. The summed E-state index contributed by atoms with van der Waals surface area (Å²) in [5.41, 5.74) is 4.82. The van der Waals surface area contributed by atoms with Crippen LogP contribution in [0, 0.1) is 13.8 Å². The molecule has 0 saturated carbocycles. The Labute approximate surface area is 103 Å². The van der Waals surface area contributed by atoms with Gasteiger partial charge >= 0.3 is 0 Å². The Balaban J connectivity index is 0.000000606. The molecule has 16 heavy (non-hydrogen) atoms. The van der Waals surface area contributed by atoms with Gasteiger partial charge in [0.25, 0.3) is 0 Å². The van der Waals surface area contributed by atoms with E-state index in [0.29, 0.717) is 0 Å². The van der Waals surface area contributed by atoms with Crippen LogP contribution in [0.3, 0.4) is 0 Å². The van der Waals surface area contributed by atoms with Gasteiger partial charge in [0.1, 0.15) is 0 Å². The Kier molecular flexibility index (Phi) is 5.33. The molecule has 86 valence electrons. The molecule has 2 rings (SSSR count). The van der Waals surface area contributed by atoms with Gasteiger partial charge < -0.3 is 0 Å². The number of hydrogen-bond acceptors (Lipinski definition) is 2. The molecule has 1 aromatic rings. The first-order valence-electron chi connectivity index (χ1n) is 5.69. The van der Waals surface area contributed by atoms with Crippen LogP contribution in [0.25, 0.3) is 5.57 Å². The van der Waals surface area contributed by atoms with Crippen molar-refractivity contribution in [1.29, 1.82) is 0 Å². The molecule has 0 fully saturated rings. The largest absolute Gasteiger partial charge is 0.253 e. The second-order valence-electron chi connectivity index (χ2n) is 3.43. The molecule has 1 aliphatic heterocycles. The summed E-state index contributed by atoms with van der Waals surface area (Å²) in [6.45, 7) is 8.15. The third-order valence-electron chi connectivity index (χ3n) is 2.39. The van der Waals surface area contributed by atoms with Crippen LogP contribution < -0.4 is 0 Å². The van der Waals surface area contributed by atoms with Gasteiger partial charge in [0.2, 0.25) is 0 Å². The molecule has 0 saturated heterocycles. The standard InChI is InChI=1S/C12H13NS.C2H6/c1-9-5-6-12(13-10(9)2)11-4-3-7-14-8-11;1-2/h3-7H,8H2,1-2H3;1-2H3. The SMILES string of the molecule is CC.Cc1ccc(C2=CC=CSC2)nc1C. The topological polar surface area (TPSA) is 12.9 Å². The van der Waals surface area contributed by atoms with Gasteiger partial charge in [-0.05, 0) is 36.5 Å². The number of aromatic nitrogens is 1. The lowest BCUT2D eigenvalue weighted by molar-refractivity contribution is 1.12. The minimum atomic E-state index is 1.03. The van der Waals surface area contributed by atoms with Crippen molar-refractivity contribution in [2.24, 2.45) is 0 Å². The fourth-order valence-corrected chi connectivity index (χ4v) is 2.08. The van der Waals surface area contributed by atoms with Gasteiger partial charge in [-0.2, -0.15) is 0 Å². The van der Waals surface area contributed by atoms with Crippen LogP contribution in [0.15, 0.2) is 29.7 Å². The van der Waals surface area contributed by atoms with Crippen molar-refractivity contribution < 1.29 is 0 Å². The first kappa shape index (κ1) is 13.0. The van der Waals surface area contributed by atoms with Crippen molar-refractivity contribution in [1.82, 2.24) is 4.98 Å². The average Bonchev–Trinajstić information content (AvgIpc) is 2.36. The maximum absolute atomic E-state index is 4.58. The molecular formula is C14H19NS. The van der Waals surface area contributed by atoms with Crippen LogP contribution >= 0.6 is 11.8 Å². The van der Waals surface area contributed by atoms with Crippen LogP contribution in [0.4, 0.5) is 0 Å². The molecular weight excluding hydrogens is 214 g/mol. The Morgan fingerprint density at radius 3 is 2.50 bits per heavy atom. The number of thioether (sulfide) groups is 1. The van der Waals surface area contributed by atoms with E-state index in [1.165, 1.54) is 11.1 Å². The van der Waals surface area contributed by atoms with Gasteiger partial charge in [-0.25, -0.2) is 0 Å². The average molecular weight is 233 g/mol. The van der Waals surface area contributed by atoms with E-state index >= 15 is 0 Å². The molecule has 2 heterocycles. The molecule has 0 spiro atoms. The zero-order valence-electron chi connectivity index (χ0n) is 10.4. The molecule has 0 aromatic carbocycles. The van der Waals surface area contributed by atoms with Crippen molar-refractivity contribution >= 4 is 17.3 Å². The Morgan fingerprint density at radius 1 is 1.19 bits per heavy atom. The van der Waals surface area contributed by atoms with Gasteiger partial charge in [0.05, 0.1) is 5.69 Å². The van der Waals surface area contributed by atoms with Gasteiger partial charge in [-0.15, -0.1) is 11.8 Å². The van der Waals surface area contributed by atoms with Gasteiger partial charge in [-0.1, -0.05) is 32.1 Å². The van der Waals surface area contributed by atoms with Crippen molar-refractivity contribution in [3.8, 4) is 0 Å². The first-order valence-corrected chi connectivity index (χ1v) is 6.74. The van der Waals surface area contributed by atoms with E-state index in [9.17, 15) is 0 Å². The zero-order chi connectivity index (χ0) is 12.0. The Morgan fingerprint density at radius 2 is 1.94 bits per heavy atom. The third-order valence-corrected chi connectivity index (χ3v) is 3.22. The number of hydrogen-bond donors (Lipinski definition) is 0. The van der Waals surface area contributed by atoms with Gasteiger partial charge in [0, 0.05) is 11.4 Å². The lowest BCUT2D eigenvalue weighted by atomic mass is 10.1. The van der Waals surface area contributed by atoms with Gasteiger partial charge in [0.15, 0.2) is 0 Å². The lowest BCUT2D eigenvalue weighted by Crippen LogP contribution is -1.96. The third kappa shape index (κ3) is 3.24. The van der Waals surface area contributed by atoms with Crippen LogP contribution in [0.1, 0.15) is 30.8 Å². The number of aryl methyl sites for hydroxylation is 2. The maximum atomic E-state index is 4.58. The first-order chi connectivity index (χ1) is 7.77. The second kappa shape index (κ2) is 6.54. The lowest BCUT2D eigenvalue weighted by Gasteiger charge is -2.09. The normalized spacial score (nSPS) is 13.9. The molecule has 0 radical (unpaired) electrons. The predicted octanol–water partition coefficient (Wildman–Crippen LogP) is 4.37. The molecule has 0 bridgehead atoms. The van der Waals surface area contributed by atoms with Crippen molar-refractivity contribution in [2.75, 3.05) is 5.75 Å². The molecule has 1 nitrogen and oxygen atoms in total. The number of rotatable bonds is 1. The Hall–Kier alpha value is -1.02. The summed E-state index contributed by atoms with van der Waals surface area (Å²) >= 11 is 1.82. The number of nitrogens with zero attached hydrogens (tertiary/aromatic N) is 1. The minimum absolute atomic E-state index is 1.03.